The zero-order valence-corrected chi connectivity index (χ0v) is 15.9. The molecule has 1 amide bonds. The van der Waals surface area contributed by atoms with Crippen LogP contribution in [0.3, 0.4) is 0 Å². The van der Waals surface area contributed by atoms with Crippen LogP contribution in [0.2, 0.25) is 0 Å². The van der Waals surface area contributed by atoms with E-state index in [2.05, 4.69) is 18.0 Å². The summed E-state index contributed by atoms with van der Waals surface area (Å²) in [7, 11) is 1.76. The minimum Gasteiger partial charge on any atom is -0.444 e. The predicted molar refractivity (Wildman–Crippen MR) is 97.3 cm³/mol. The first kappa shape index (κ1) is 17.9. The van der Waals surface area contributed by atoms with Crippen molar-refractivity contribution in [2.24, 2.45) is 0 Å². The largest absolute Gasteiger partial charge is 0.444 e. The van der Waals surface area contributed by atoms with Crippen LogP contribution < -0.4 is 0 Å². The molecule has 25 heavy (non-hydrogen) atoms. The van der Waals surface area contributed by atoms with Crippen molar-refractivity contribution < 1.29 is 14.3 Å². The minimum atomic E-state index is -0.467. The molecule has 0 atom stereocenters. The number of carbonyl (C=O) groups is 1. The lowest BCUT2D eigenvalue weighted by molar-refractivity contribution is 0.0270. The first-order valence-corrected chi connectivity index (χ1v) is 8.94. The highest BCUT2D eigenvalue weighted by Gasteiger charge is 2.48. The fourth-order valence-corrected chi connectivity index (χ4v) is 3.35. The van der Waals surface area contributed by atoms with Crippen LogP contribution in [-0.4, -0.2) is 41.8 Å². The van der Waals surface area contributed by atoms with Crippen LogP contribution in [0.15, 0.2) is 18.3 Å². The Labute approximate surface area is 150 Å². The molecule has 2 heterocycles. The van der Waals surface area contributed by atoms with E-state index >= 15 is 0 Å². The zero-order valence-electron chi connectivity index (χ0n) is 15.9. The van der Waals surface area contributed by atoms with Crippen molar-refractivity contribution in [2.75, 3.05) is 20.2 Å². The number of methoxy groups -OCH3 is 1. The lowest BCUT2D eigenvalue weighted by Crippen LogP contribution is -2.39. The Kier molecular flexibility index (Phi) is 4.62. The zero-order chi connectivity index (χ0) is 18.2. The molecule has 2 aliphatic rings. The van der Waals surface area contributed by atoms with E-state index in [1.165, 1.54) is 16.7 Å². The van der Waals surface area contributed by atoms with Gasteiger partial charge in [0.25, 0.3) is 0 Å². The van der Waals surface area contributed by atoms with Gasteiger partial charge in [0.1, 0.15) is 11.2 Å². The Balaban J connectivity index is 1.82. The number of hydrogen-bond acceptors (Lipinski definition) is 4. The lowest BCUT2D eigenvalue weighted by atomic mass is 9.91. The van der Waals surface area contributed by atoms with E-state index in [-0.39, 0.29) is 11.7 Å². The summed E-state index contributed by atoms with van der Waals surface area (Å²) in [5, 5.41) is 0. The molecule has 3 rings (SSSR count). The van der Waals surface area contributed by atoms with Gasteiger partial charge in [-0.25, -0.2) is 4.79 Å². The van der Waals surface area contributed by atoms with Crippen LogP contribution in [0.1, 0.15) is 56.9 Å². The number of aromatic nitrogens is 1. The van der Waals surface area contributed by atoms with E-state index in [4.69, 9.17) is 9.47 Å². The second-order valence-corrected chi connectivity index (χ2v) is 7.96. The number of aryl methyl sites for hydroxylation is 1. The molecule has 5 nitrogen and oxygen atoms in total. The van der Waals surface area contributed by atoms with Crippen LogP contribution >= 0.6 is 0 Å². The standard InChI is InChI=1S/C20H28N2O3/c1-14-6-11-21-17(20(24-5)9-10-20)16(14)15-7-12-22(13-8-15)18(23)25-19(2,3)4/h6-7,11H,8-10,12-13H2,1-5H3. The molecule has 1 saturated carbocycles. The third-order valence-corrected chi connectivity index (χ3v) is 4.87. The second kappa shape index (κ2) is 6.45. The van der Waals surface area contributed by atoms with Gasteiger partial charge in [-0.2, -0.15) is 0 Å². The third-order valence-electron chi connectivity index (χ3n) is 4.87. The highest BCUT2D eigenvalue weighted by Crippen LogP contribution is 2.50. The Morgan fingerprint density at radius 1 is 1.32 bits per heavy atom. The van der Waals surface area contributed by atoms with E-state index < -0.39 is 5.60 Å². The molecule has 1 aromatic heterocycles. The van der Waals surface area contributed by atoms with E-state index in [0.717, 1.165) is 25.0 Å². The summed E-state index contributed by atoms with van der Waals surface area (Å²) in [5.74, 6) is 0. The van der Waals surface area contributed by atoms with Gasteiger partial charge in [0.15, 0.2) is 0 Å². The average molecular weight is 344 g/mol. The van der Waals surface area contributed by atoms with Crippen LogP contribution in [0.4, 0.5) is 4.79 Å². The summed E-state index contributed by atoms with van der Waals surface area (Å²) < 4.78 is 11.2. The van der Waals surface area contributed by atoms with Crippen molar-refractivity contribution in [3.63, 3.8) is 0 Å². The molecule has 0 N–H and O–H groups in total. The van der Waals surface area contributed by atoms with Gasteiger partial charge in [-0.05, 0) is 64.2 Å². The molecule has 0 aromatic carbocycles. The van der Waals surface area contributed by atoms with Gasteiger partial charge in [-0.3, -0.25) is 4.98 Å². The smallest absolute Gasteiger partial charge is 0.410 e. The number of pyridine rings is 1. The SMILES string of the molecule is COC1(c2nccc(C)c2C2=CCN(C(=O)OC(C)(C)C)CC2)CC1. The molecule has 0 unspecified atom stereocenters. The van der Waals surface area contributed by atoms with Gasteiger partial charge in [0.05, 0.1) is 5.69 Å². The monoisotopic (exact) mass is 344 g/mol. The number of hydrogen-bond donors (Lipinski definition) is 0. The van der Waals surface area contributed by atoms with Crippen molar-refractivity contribution in [2.45, 2.75) is 58.2 Å². The molecule has 1 aliphatic heterocycles. The highest BCUT2D eigenvalue weighted by molar-refractivity contribution is 5.75. The molecular formula is C20H28N2O3. The van der Waals surface area contributed by atoms with E-state index in [0.29, 0.717) is 13.1 Å². The maximum absolute atomic E-state index is 12.2. The van der Waals surface area contributed by atoms with Crippen LogP contribution in [0.5, 0.6) is 0 Å². The first-order chi connectivity index (χ1) is 11.8. The topological polar surface area (TPSA) is 51.7 Å². The fourth-order valence-electron chi connectivity index (χ4n) is 3.35. The molecule has 0 spiro atoms. The Morgan fingerprint density at radius 2 is 2.04 bits per heavy atom. The number of nitrogens with zero attached hydrogens (tertiary/aromatic N) is 2. The normalized spacial score (nSPS) is 19.4. The molecule has 1 fully saturated rings. The van der Waals surface area contributed by atoms with Gasteiger partial charge < -0.3 is 14.4 Å². The highest BCUT2D eigenvalue weighted by atomic mass is 16.6. The Morgan fingerprint density at radius 3 is 2.56 bits per heavy atom. The first-order valence-electron chi connectivity index (χ1n) is 8.94. The summed E-state index contributed by atoms with van der Waals surface area (Å²) in [6, 6.07) is 2.05. The van der Waals surface area contributed by atoms with Crippen molar-refractivity contribution in [3.8, 4) is 0 Å². The summed E-state index contributed by atoms with van der Waals surface area (Å²) >= 11 is 0. The van der Waals surface area contributed by atoms with Crippen LogP contribution in [0.25, 0.3) is 5.57 Å². The number of amides is 1. The van der Waals surface area contributed by atoms with Crippen LogP contribution in [-0.2, 0) is 15.1 Å². The van der Waals surface area contributed by atoms with E-state index in [1.807, 2.05) is 33.0 Å². The molecule has 0 saturated heterocycles. The van der Waals surface area contributed by atoms with Gasteiger partial charge in [0.2, 0.25) is 0 Å². The maximum atomic E-state index is 12.2. The molecule has 0 radical (unpaired) electrons. The molecule has 1 aliphatic carbocycles. The second-order valence-electron chi connectivity index (χ2n) is 7.96. The Bertz CT molecular complexity index is 699. The quantitative estimate of drug-likeness (QED) is 0.830. The number of ether oxygens (including phenoxy) is 2. The molecule has 5 heteroatoms. The van der Waals surface area contributed by atoms with Gasteiger partial charge in [-0.1, -0.05) is 6.08 Å². The van der Waals surface area contributed by atoms with Crippen molar-refractivity contribution >= 4 is 11.7 Å². The van der Waals surface area contributed by atoms with E-state index in [1.54, 1.807) is 12.0 Å². The molecular weight excluding hydrogens is 316 g/mol. The van der Waals surface area contributed by atoms with Crippen molar-refractivity contribution in [1.82, 2.24) is 9.88 Å². The van der Waals surface area contributed by atoms with Crippen molar-refractivity contribution in [1.29, 1.82) is 0 Å². The lowest BCUT2D eigenvalue weighted by Gasteiger charge is -2.30. The van der Waals surface area contributed by atoms with Crippen LogP contribution in [0, 0.1) is 6.92 Å². The minimum absolute atomic E-state index is 0.218. The maximum Gasteiger partial charge on any atom is 0.410 e. The number of rotatable bonds is 3. The summed E-state index contributed by atoms with van der Waals surface area (Å²) in [4.78, 5) is 18.7. The summed E-state index contributed by atoms with van der Waals surface area (Å²) in [5.41, 5.74) is 4.03. The Hall–Kier alpha value is -1.88. The predicted octanol–water partition coefficient (Wildman–Crippen LogP) is 4.05. The van der Waals surface area contributed by atoms with Gasteiger partial charge >= 0.3 is 6.09 Å². The fraction of sp³-hybridized carbons (Fsp3) is 0.600. The van der Waals surface area contributed by atoms with Gasteiger partial charge in [-0.15, -0.1) is 0 Å². The average Bonchev–Trinajstić information content (AvgIpc) is 3.34. The number of carbonyl (C=O) groups excluding carboxylic acids is 1. The third kappa shape index (κ3) is 3.71. The molecule has 0 bridgehead atoms. The molecule has 1 aromatic rings. The molecule has 136 valence electrons. The van der Waals surface area contributed by atoms with Crippen molar-refractivity contribution in [3.05, 3.63) is 35.2 Å². The van der Waals surface area contributed by atoms with E-state index in [9.17, 15) is 4.79 Å². The van der Waals surface area contributed by atoms with Gasteiger partial charge in [0, 0.05) is 32.0 Å². The summed E-state index contributed by atoms with van der Waals surface area (Å²) in [6.07, 6.45) is 6.59. The summed E-state index contributed by atoms with van der Waals surface area (Å²) in [6.45, 7) is 9.02.